The Bertz CT molecular complexity index is 1020. The molecule has 152 valence electrons. The van der Waals surface area contributed by atoms with E-state index in [4.69, 9.17) is 0 Å². The highest BCUT2D eigenvalue weighted by atomic mass is 19.1. The predicted molar refractivity (Wildman–Crippen MR) is 111 cm³/mol. The Hall–Kier alpha value is -2.96. The summed E-state index contributed by atoms with van der Waals surface area (Å²) in [5.41, 5.74) is 2.16. The highest BCUT2D eigenvalue weighted by molar-refractivity contribution is 5.77. The van der Waals surface area contributed by atoms with E-state index in [2.05, 4.69) is 29.2 Å². The minimum Gasteiger partial charge on any atom is -0.367 e. The molecule has 0 spiro atoms. The standard InChI is InChI=1S/C22H26FN5O/c1-15(2)11-22(29)27-10-4-7-18(27)13-24-20-8-9-21-25-14-19(28(21)26-20)16-5-3-6-17(23)12-16/h3,5-6,8-9,12,14-15,18H,4,7,10-11,13H2,1-2H3,(H,24,26). The number of aromatic nitrogens is 3. The molecule has 1 aliphatic rings. The molecule has 1 fully saturated rings. The van der Waals surface area contributed by atoms with Crippen LogP contribution in [0.4, 0.5) is 10.2 Å². The third kappa shape index (κ3) is 4.23. The highest BCUT2D eigenvalue weighted by Gasteiger charge is 2.28. The molecule has 1 atom stereocenters. The quantitative estimate of drug-likeness (QED) is 0.686. The number of carbonyl (C=O) groups excluding carboxylic acids is 1. The second kappa shape index (κ2) is 8.19. The summed E-state index contributed by atoms with van der Waals surface area (Å²) in [7, 11) is 0. The third-order valence-electron chi connectivity index (χ3n) is 5.28. The number of carbonyl (C=O) groups is 1. The predicted octanol–water partition coefficient (Wildman–Crippen LogP) is 3.98. The molecule has 7 heteroatoms. The normalized spacial score (nSPS) is 16.7. The number of imidazole rings is 1. The molecule has 1 saturated heterocycles. The van der Waals surface area contributed by atoms with Crippen LogP contribution in [0.15, 0.2) is 42.6 Å². The first kappa shape index (κ1) is 19.4. The smallest absolute Gasteiger partial charge is 0.223 e. The van der Waals surface area contributed by atoms with Gasteiger partial charge in [0.05, 0.1) is 11.9 Å². The van der Waals surface area contributed by atoms with Crippen LogP contribution in [-0.2, 0) is 4.79 Å². The number of amides is 1. The first-order valence-corrected chi connectivity index (χ1v) is 10.2. The zero-order valence-electron chi connectivity index (χ0n) is 16.8. The first-order chi connectivity index (χ1) is 14.0. The van der Waals surface area contributed by atoms with E-state index in [1.807, 2.05) is 23.1 Å². The Morgan fingerprint density at radius 2 is 2.17 bits per heavy atom. The van der Waals surface area contributed by atoms with Crippen LogP contribution in [0.3, 0.4) is 0 Å². The van der Waals surface area contributed by atoms with Crippen LogP contribution in [0.5, 0.6) is 0 Å². The summed E-state index contributed by atoms with van der Waals surface area (Å²) in [6.45, 7) is 5.63. The highest BCUT2D eigenvalue weighted by Crippen LogP contribution is 2.23. The number of benzene rings is 1. The fraction of sp³-hybridized carbons (Fsp3) is 0.409. The second-order valence-corrected chi connectivity index (χ2v) is 8.00. The Labute approximate surface area is 169 Å². The number of hydrogen-bond donors (Lipinski definition) is 1. The van der Waals surface area contributed by atoms with Gasteiger partial charge >= 0.3 is 0 Å². The van der Waals surface area contributed by atoms with Gasteiger partial charge in [-0.05, 0) is 43.0 Å². The summed E-state index contributed by atoms with van der Waals surface area (Å²) in [6.07, 6.45) is 4.32. The van der Waals surface area contributed by atoms with Gasteiger partial charge in [-0.3, -0.25) is 4.79 Å². The third-order valence-corrected chi connectivity index (χ3v) is 5.28. The summed E-state index contributed by atoms with van der Waals surface area (Å²) in [5, 5.41) is 8.01. The first-order valence-electron chi connectivity index (χ1n) is 10.2. The lowest BCUT2D eigenvalue weighted by molar-refractivity contribution is -0.132. The largest absolute Gasteiger partial charge is 0.367 e. The zero-order chi connectivity index (χ0) is 20.4. The fourth-order valence-electron chi connectivity index (χ4n) is 3.88. The maximum atomic E-state index is 13.6. The van der Waals surface area contributed by atoms with Gasteiger partial charge < -0.3 is 10.2 Å². The topological polar surface area (TPSA) is 62.5 Å². The molecular weight excluding hydrogens is 369 g/mol. The van der Waals surface area contributed by atoms with Crippen molar-refractivity contribution in [2.24, 2.45) is 5.92 Å². The molecule has 1 amide bonds. The van der Waals surface area contributed by atoms with Crippen molar-refractivity contribution in [2.45, 2.75) is 39.2 Å². The number of hydrogen-bond acceptors (Lipinski definition) is 4. The van der Waals surface area contributed by atoms with E-state index in [0.717, 1.165) is 30.6 Å². The van der Waals surface area contributed by atoms with Crippen molar-refractivity contribution in [3.8, 4) is 11.3 Å². The van der Waals surface area contributed by atoms with Crippen molar-refractivity contribution in [1.29, 1.82) is 0 Å². The van der Waals surface area contributed by atoms with Crippen molar-refractivity contribution < 1.29 is 9.18 Å². The number of halogens is 1. The van der Waals surface area contributed by atoms with E-state index in [9.17, 15) is 9.18 Å². The Morgan fingerprint density at radius 3 is 2.97 bits per heavy atom. The number of anilines is 1. The van der Waals surface area contributed by atoms with Crippen LogP contribution < -0.4 is 5.32 Å². The minimum atomic E-state index is -0.292. The number of fused-ring (bicyclic) bond motifs is 1. The fourth-order valence-corrected chi connectivity index (χ4v) is 3.88. The summed E-state index contributed by atoms with van der Waals surface area (Å²) in [5.74, 6) is 1.01. The maximum Gasteiger partial charge on any atom is 0.223 e. The lowest BCUT2D eigenvalue weighted by atomic mass is 10.1. The Balaban J connectivity index is 1.50. The Morgan fingerprint density at radius 1 is 1.31 bits per heavy atom. The van der Waals surface area contributed by atoms with Gasteiger partial charge in [0.15, 0.2) is 5.65 Å². The molecule has 0 saturated carbocycles. The molecule has 1 N–H and O–H groups in total. The lowest BCUT2D eigenvalue weighted by Crippen LogP contribution is -2.40. The molecule has 2 aromatic heterocycles. The number of rotatable bonds is 6. The average Bonchev–Trinajstić information content (AvgIpc) is 3.32. The molecule has 3 aromatic rings. The summed E-state index contributed by atoms with van der Waals surface area (Å²) < 4.78 is 15.3. The van der Waals surface area contributed by atoms with E-state index in [0.29, 0.717) is 30.3 Å². The second-order valence-electron chi connectivity index (χ2n) is 8.00. The SMILES string of the molecule is CC(C)CC(=O)N1CCCC1CNc1ccc2ncc(-c3cccc(F)c3)n2n1. The van der Waals surface area contributed by atoms with Crippen molar-refractivity contribution in [1.82, 2.24) is 19.5 Å². The van der Waals surface area contributed by atoms with E-state index < -0.39 is 0 Å². The monoisotopic (exact) mass is 395 g/mol. The van der Waals surface area contributed by atoms with Crippen LogP contribution in [-0.4, -0.2) is 44.5 Å². The Kier molecular flexibility index (Phi) is 5.47. The van der Waals surface area contributed by atoms with Crippen LogP contribution in [0.1, 0.15) is 33.1 Å². The van der Waals surface area contributed by atoms with Crippen molar-refractivity contribution >= 4 is 17.4 Å². The van der Waals surface area contributed by atoms with E-state index in [-0.39, 0.29) is 17.8 Å². The van der Waals surface area contributed by atoms with Crippen molar-refractivity contribution in [3.05, 3.63) is 48.4 Å². The lowest BCUT2D eigenvalue weighted by Gasteiger charge is -2.26. The molecule has 1 unspecified atom stereocenters. The van der Waals surface area contributed by atoms with Gasteiger partial charge in [0, 0.05) is 31.1 Å². The molecular formula is C22H26FN5O. The summed E-state index contributed by atoms with van der Waals surface area (Å²) >= 11 is 0. The molecule has 4 rings (SSSR count). The van der Waals surface area contributed by atoms with Gasteiger partial charge in [0.1, 0.15) is 11.6 Å². The van der Waals surface area contributed by atoms with E-state index >= 15 is 0 Å². The van der Waals surface area contributed by atoms with Crippen LogP contribution in [0, 0.1) is 11.7 Å². The molecule has 0 bridgehead atoms. The molecule has 29 heavy (non-hydrogen) atoms. The van der Waals surface area contributed by atoms with Crippen LogP contribution >= 0.6 is 0 Å². The number of nitrogens with zero attached hydrogens (tertiary/aromatic N) is 4. The molecule has 1 aliphatic heterocycles. The van der Waals surface area contributed by atoms with Gasteiger partial charge in [-0.15, -0.1) is 5.10 Å². The van der Waals surface area contributed by atoms with Crippen LogP contribution in [0.2, 0.25) is 0 Å². The zero-order valence-corrected chi connectivity index (χ0v) is 16.8. The number of likely N-dealkylation sites (tertiary alicyclic amines) is 1. The van der Waals surface area contributed by atoms with Gasteiger partial charge in [0.25, 0.3) is 0 Å². The van der Waals surface area contributed by atoms with Crippen molar-refractivity contribution in [3.63, 3.8) is 0 Å². The van der Waals surface area contributed by atoms with E-state index in [1.165, 1.54) is 12.1 Å². The van der Waals surface area contributed by atoms with Crippen molar-refractivity contribution in [2.75, 3.05) is 18.4 Å². The van der Waals surface area contributed by atoms with Gasteiger partial charge in [-0.1, -0.05) is 26.0 Å². The average molecular weight is 395 g/mol. The summed E-state index contributed by atoms with van der Waals surface area (Å²) in [6, 6.07) is 10.4. The van der Waals surface area contributed by atoms with Crippen LogP contribution in [0.25, 0.3) is 16.9 Å². The van der Waals surface area contributed by atoms with E-state index in [1.54, 1.807) is 16.8 Å². The molecule has 6 nitrogen and oxygen atoms in total. The molecule has 3 heterocycles. The summed E-state index contributed by atoms with van der Waals surface area (Å²) in [4.78, 5) is 18.9. The maximum absolute atomic E-state index is 13.6. The van der Waals surface area contributed by atoms with Gasteiger partial charge in [0.2, 0.25) is 5.91 Å². The molecule has 1 aromatic carbocycles. The minimum absolute atomic E-state index is 0.184. The molecule has 0 radical (unpaired) electrons. The number of nitrogens with one attached hydrogen (secondary N) is 1. The van der Waals surface area contributed by atoms with Gasteiger partial charge in [-0.25, -0.2) is 13.9 Å². The van der Waals surface area contributed by atoms with Gasteiger partial charge in [-0.2, -0.15) is 0 Å². The molecule has 0 aliphatic carbocycles.